The quantitative estimate of drug-likeness (QED) is 0.836. The highest BCUT2D eigenvalue weighted by atomic mass is 79.9. The van der Waals surface area contributed by atoms with E-state index in [2.05, 4.69) is 59.4 Å². The van der Waals surface area contributed by atoms with Crippen molar-refractivity contribution in [3.05, 3.63) is 34.3 Å². The van der Waals surface area contributed by atoms with Gasteiger partial charge >= 0.3 is 0 Å². The van der Waals surface area contributed by atoms with Crippen LogP contribution in [-0.2, 0) is 6.42 Å². The normalized spacial score (nSPS) is 19.0. The van der Waals surface area contributed by atoms with Crippen molar-refractivity contribution in [2.75, 3.05) is 6.54 Å². The second-order valence-corrected chi connectivity index (χ2v) is 6.38. The SMILES string of the molecule is CC(CNC1CC1)C(C)Cc1ccc(Br)cc1. The number of benzene rings is 1. The van der Waals surface area contributed by atoms with Crippen molar-refractivity contribution in [1.29, 1.82) is 0 Å². The van der Waals surface area contributed by atoms with Gasteiger partial charge in [0.25, 0.3) is 0 Å². The summed E-state index contributed by atoms with van der Waals surface area (Å²) in [7, 11) is 0. The summed E-state index contributed by atoms with van der Waals surface area (Å²) in [5, 5.41) is 3.62. The van der Waals surface area contributed by atoms with E-state index >= 15 is 0 Å². The van der Waals surface area contributed by atoms with Gasteiger partial charge in [0.2, 0.25) is 0 Å². The summed E-state index contributed by atoms with van der Waals surface area (Å²) >= 11 is 3.48. The Balaban J connectivity index is 1.78. The molecule has 0 aliphatic heterocycles. The van der Waals surface area contributed by atoms with Crippen molar-refractivity contribution >= 4 is 15.9 Å². The fourth-order valence-corrected chi connectivity index (χ4v) is 2.30. The van der Waals surface area contributed by atoms with Crippen LogP contribution in [0.5, 0.6) is 0 Å². The van der Waals surface area contributed by atoms with Crippen LogP contribution < -0.4 is 5.32 Å². The summed E-state index contributed by atoms with van der Waals surface area (Å²) in [5.41, 5.74) is 1.44. The van der Waals surface area contributed by atoms with Crippen LogP contribution in [0, 0.1) is 11.8 Å². The van der Waals surface area contributed by atoms with Crippen LogP contribution in [0.3, 0.4) is 0 Å². The molecular weight excluding hydrogens is 274 g/mol. The Hall–Kier alpha value is -0.340. The first-order valence-electron chi connectivity index (χ1n) is 6.63. The van der Waals surface area contributed by atoms with Crippen molar-refractivity contribution in [2.45, 2.75) is 39.2 Å². The minimum atomic E-state index is 0.738. The molecule has 0 radical (unpaired) electrons. The van der Waals surface area contributed by atoms with Gasteiger partial charge in [-0.15, -0.1) is 0 Å². The molecule has 0 heterocycles. The summed E-state index contributed by atoms with van der Waals surface area (Å²) in [6, 6.07) is 9.55. The Kier molecular flexibility index (Phi) is 4.63. The van der Waals surface area contributed by atoms with Crippen LogP contribution in [-0.4, -0.2) is 12.6 Å². The standard InChI is InChI=1S/C15H22BrN/c1-11(12(2)10-17-15-7-8-15)9-13-3-5-14(16)6-4-13/h3-6,11-12,15,17H,7-10H2,1-2H3. The second kappa shape index (κ2) is 6.01. The zero-order valence-electron chi connectivity index (χ0n) is 10.7. The van der Waals surface area contributed by atoms with Crippen molar-refractivity contribution in [3.63, 3.8) is 0 Å². The van der Waals surface area contributed by atoms with Gasteiger partial charge in [0.1, 0.15) is 0 Å². The van der Waals surface area contributed by atoms with Gasteiger partial charge in [-0.05, 0) is 55.3 Å². The molecule has 1 aromatic carbocycles. The first kappa shape index (κ1) is 13.1. The third-order valence-electron chi connectivity index (χ3n) is 3.75. The lowest BCUT2D eigenvalue weighted by Crippen LogP contribution is -2.27. The molecule has 1 N–H and O–H groups in total. The molecule has 94 valence electrons. The van der Waals surface area contributed by atoms with Gasteiger partial charge in [0.15, 0.2) is 0 Å². The molecule has 1 aliphatic carbocycles. The average molecular weight is 296 g/mol. The van der Waals surface area contributed by atoms with Crippen LogP contribution in [0.25, 0.3) is 0 Å². The molecule has 2 rings (SSSR count). The molecule has 1 aromatic rings. The fraction of sp³-hybridized carbons (Fsp3) is 0.600. The monoisotopic (exact) mass is 295 g/mol. The van der Waals surface area contributed by atoms with Crippen LogP contribution >= 0.6 is 15.9 Å². The molecule has 1 aliphatic rings. The molecule has 1 nitrogen and oxygen atoms in total. The highest BCUT2D eigenvalue weighted by Gasteiger charge is 2.22. The number of rotatable bonds is 6. The number of nitrogens with one attached hydrogen (secondary N) is 1. The second-order valence-electron chi connectivity index (χ2n) is 5.47. The molecule has 0 amide bonds. The van der Waals surface area contributed by atoms with E-state index in [1.807, 2.05) is 0 Å². The Labute approximate surface area is 113 Å². The Morgan fingerprint density at radius 2 is 1.82 bits per heavy atom. The fourth-order valence-electron chi connectivity index (χ4n) is 2.03. The Morgan fingerprint density at radius 1 is 1.18 bits per heavy atom. The highest BCUT2D eigenvalue weighted by Crippen LogP contribution is 2.22. The first-order valence-corrected chi connectivity index (χ1v) is 7.42. The van der Waals surface area contributed by atoms with E-state index in [1.54, 1.807) is 0 Å². The first-order chi connectivity index (χ1) is 8.15. The minimum Gasteiger partial charge on any atom is -0.314 e. The molecule has 0 aromatic heterocycles. The maximum atomic E-state index is 3.62. The van der Waals surface area contributed by atoms with Crippen LogP contribution in [0.4, 0.5) is 0 Å². The summed E-state index contributed by atoms with van der Waals surface area (Å²) in [6.45, 7) is 5.89. The zero-order valence-corrected chi connectivity index (χ0v) is 12.3. The average Bonchev–Trinajstić information content (AvgIpc) is 3.13. The molecule has 0 bridgehead atoms. The maximum Gasteiger partial charge on any atom is 0.0175 e. The van der Waals surface area contributed by atoms with E-state index in [1.165, 1.54) is 31.4 Å². The van der Waals surface area contributed by atoms with Crippen molar-refractivity contribution < 1.29 is 0 Å². The molecule has 0 saturated heterocycles. The molecule has 2 heteroatoms. The Morgan fingerprint density at radius 3 is 2.41 bits per heavy atom. The third-order valence-corrected chi connectivity index (χ3v) is 4.28. The smallest absolute Gasteiger partial charge is 0.0175 e. The van der Waals surface area contributed by atoms with Crippen molar-refractivity contribution in [3.8, 4) is 0 Å². The van der Waals surface area contributed by atoms with E-state index in [0.29, 0.717) is 0 Å². The summed E-state index contributed by atoms with van der Waals surface area (Å²) < 4.78 is 1.16. The molecule has 17 heavy (non-hydrogen) atoms. The summed E-state index contributed by atoms with van der Waals surface area (Å²) in [6.07, 6.45) is 3.95. The highest BCUT2D eigenvalue weighted by molar-refractivity contribution is 9.10. The predicted molar refractivity (Wildman–Crippen MR) is 77.2 cm³/mol. The summed E-state index contributed by atoms with van der Waals surface area (Å²) in [4.78, 5) is 0. The maximum absolute atomic E-state index is 3.62. The van der Waals surface area contributed by atoms with Crippen molar-refractivity contribution in [2.24, 2.45) is 11.8 Å². The van der Waals surface area contributed by atoms with Gasteiger partial charge in [0, 0.05) is 10.5 Å². The zero-order chi connectivity index (χ0) is 12.3. The Bertz CT molecular complexity index is 342. The van der Waals surface area contributed by atoms with Crippen LogP contribution in [0.2, 0.25) is 0 Å². The van der Waals surface area contributed by atoms with Crippen LogP contribution in [0.15, 0.2) is 28.7 Å². The minimum absolute atomic E-state index is 0.738. The largest absolute Gasteiger partial charge is 0.314 e. The van der Waals surface area contributed by atoms with Gasteiger partial charge in [-0.3, -0.25) is 0 Å². The van der Waals surface area contributed by atoms with Gasteiger partial charge in [-0.1, -0.05) is 41.9 Å². The molecule has 1 fully saturated rings. The van der Waals surface area contributed by atoms with E-state index in [0.717, 1.165) is 22.4 Å². The van der Waals surface area contributed by atoms with E-state index < -0.39 is 0 Å². The van der Waals surface area contributed by atoms with E-state index in [9.17, 15) is 0 Å². The van der Waals surface area contributed by atoms with E-state index in [-0.39, 0.29) is 0 Å². The number of halogens is 1. The topological polar surface area (TPSA) is 12.0 Å². The molecular formula is C15H22BrN. The van der Waals surface area contributed by atoms with Gasteiger partial charge in [0.05, 0.1) is 0 Å². The predicted octanol–water partition coefficient (Wildman–Crippen LogP) is 4.02. The molecule has 1 saturated carbocycles. The molecule has 0 spiro atoms. The van der Waals surface area contributed by atoms with Gasteiger partial charge in [-0.25, -0.2) is 0 Å². The number of hydrogen-bond acceptors (Lipinski definition) is 1. The van der Waals surface area contributed by atoms with Crippen LogP contribution in [0.1, 0.15) is 32.3 Å². The number of hydrogen-bond donors (Lipinski definition) is 1. The lowest BCUT2D eigenvalue weighted by atomic mass is 9.89. The molecule has 2 unspecified atom stereocenters. The molecule has 2 atom stereocenters. The van der Waals surface area contributed by atoms with Gasteiger partial charge < -0.3 is 5.32 Å². The third kappa shape index (κ3) is 4.44. The lowest BCUT2D eigenvalue weighted by molar-refractivity contribution is 0.364. The van der Waals surface area contributed by atoms with Crippen molar-refractivity contribution in [1.82, 2.24) is 5.32 Å². The lowest BCUT2D eigenvalue weighted by Gasteiger charge is -2.20. The van der Waals surface area contributed by atoms with Gasteiger partial charge in [-0.2, -0.15) is 0 Å². The van der Waals surface area contributed by atoms with E-state index in [4.69, 9.17) is 0 Å². The summed E-state index contributed by atoms with van der Waals surface area (Å²) in [5.74, 6) is 1.49.